The van der Waals surface area contributed by atoms with Crippen LogP contribution in [0.15, 0.2) is 24.3 Å². The molecule has 0 bridgehead atoms. The van der Waals surface area contributed by atoms with Gasteiger partial charge in [0.15, 0.2) is 0 Å². The van der Waals surface area contributed by atoms with Crippen LogP contribution in [0.3, 0.4) is 0 Å². The van der Waals surface area contributed by atoms with Gasteiger partial charge in [-0.1, -0.05) is 30.7 Å². The van der Waals surface area contributed by atoms with Crippen LogP contribution in [-0.4, -0.2) is 48.7 Å². The van der Waals surface area contributed by atoms with Crippen molar-refractivity contribution in [2.45, 2.75) is 25.2 Å². The number of halogens is 1. The molecular formula is C17H22ClNO4. The molecule has 1 amide bonds. The Labute approximate surface area is 141 Å². The van der Waals surface area contributed by atoms with Crippen molar-refractivity contribution >= 4 is 23.5 Å². The lowest BCUT2D eigenvalue weighted by atomic mass is 9.73. The van der Waals surface area contributed by atoms with Crippen molar-refractivity contribution in [2.24, 2.45) is 5.92 Å². The monoisotopic (exact) mass is 339 g/mol. The van der Waals surface area contributed by atoms with E-state index in [1.165, 1.54) is 4.90 Å². The predicted molar refractivity (Wildman–Crippen MR) is 87.6 cm³/mol. The number of likely N-dealkylation sites (N-methyl/N-ethyl adjacent to an activating group) is 1. The summed E-state index contributed by atoms with van der Waals surface area (Å²) in [4.78, 5) is 25.7. The third-order valence-electron chi connectivity index (χ3n) is 4.47. The lowest BCUT2D eigenvalue weighted by Gasteiger charge is -2.39. The lowest BCUT2D eigenvalue weighted by molar-refractivity contribution is -0.145. The molecule has 0 spiro atoms. The minimum Gasteiger partial charge on any atom is -0.481 e. The van der Waals surface area contributed by atoms with E-state index in [-0.39, 0.29) is 12.5 Å². The van der Waals surface area contributed by atoms with E-state index in [1.807, 2.05) is 12.1 Å². The summed E-state index contributed by atoms with van der Waals surface area (Å²) >= 11 is 5.96. The van der Waals surface area contributed by atoms with Crippen LogP contribution in [0.2, 0.25) is 5.02 Å². The highest BCUT2D eigenvalue weighted by Gasteiger charge is 2.43. The number of hydrogen-bond acceptors (Lipinski definition) is 3. The van der Waals surface area contributed by atoms with Gasteiger partial charge < -0.3 is 14.7 Å². The number of carbonyl (C=O) groups is 2. The molecule has 5 nitrogen and oxygen atoms in total. The molecular weight excluding hydrogens is 318 g/mol. The molecule has 0 radical (unpaired) electrons. The van der Waals surface area contributed by atoms with Crippen molar-refractivity contribution in [1.82, 2.24) is 4.90 Å². The molecule has 1 heterocycles. The van der Waals surface area contributed by atoms with E-state index in [2.05, 4.69) is 0 Å². The van der Waals surface area contributed by atoms with Crippen LogP contribution in [0.4, 0.5) is 0 Å². The molecule has 1 aliphatic rings. The van der Waals surface area contributed by atoms with E-state index < -0.39 is 17.3 Å². The second-order valence-corrected chi connectivity index (χ2v) is 6.56. The van der Waals surface area contributed by atoms with Crippen molar-refractivity contribution in [3.63, 3.8) is 0 Å². The molecule has 6 heteroatoms. The molecule has 1 aromatic rings. The highest BCUT2D eigenvalue weighted by molar-refractivity contribution is 6.30. The van der Waals surface area contributed by atoms with Crippen molar-refractivity contribution < 1.29 is 19.4 Å². The molecule has 1 N–H and O–H groups in total. The molecule has 1 fully saturated rings. The van der Waals surface area contributed by atoms with Gasteiger partial charge >= 0.3 is 5.97 Å². The molecule has 0 aliphatic carbocycles. The number of ether oxygens (including phenoxy) is 1. The maximum Gasteiger partial charge on any atom is 0.308 e. The van der Waals surface area contributed by atoms with E-state index in [1.54, 1.807) is 26.1 Å². The largest absolute Gasteiger partial charge is 0.481 e. The Hall–Kier alpha value is -1.59. The number of nitrogens with zero attached hydrogens (tertiary/aromatic N) is 1. The summed E-state index contributed by atoms with van der Waals surface area (Å²) in [7, 11) is 1.66. The summed E-state index contributed by atoms with van der Waals surface area (Å²) in [6.45, 7) is 2.81. The quantitative estimate of drug-likeness (QED) is 0.895. The van der Waals surface area contributed by atoms with Crippen molar-refractivity contribution in [3.05, 3.63) is 34.9 Å². The van der Waals surface area contributed by atoms with Crippen LogP contribution in [0.1, 0.15) is 25.3 Å². The first-order valence-electron chi connectivity index (χ1n) is 7.69. The second-order valence-electron chi connectivity index (χ2n) is 6.13. The van der Waals surface area contributed by atoms with E-state index in [0.717, 1.165) is 5.56 Å². The molecule has 1 aliphatic heterocycles. The third kappa shape index (κ3) is 3.85. The van der Waals surface area contributed by atoms with Gasteiger partial charge in [-0.15, -0.1) is 0 Å². The third-order valence-corrected chi connectivity index (χ3v) is 4.72. The predicted octanol–water partition coefficient (Wildman–Crippen LogP) is 2.57. The van der Waals surface area contributed by atoms with Gasteiger partial charge in [0.1, 0.15) is 0 Å². The zero-order chi connectivity index (χ0) is 17.0. The summed E-state index contributed by atoms with van der Waals surface area (Å²) in [5.74, 6) is -1.57. The molecule has 23 heavy (non-hydrogen) atoms. The van der Waals surface area contributed by atoms with Crippen LogP contribution in [0.25, 0.3) is 0 Å². The van der Waals surface area contributed by atoms with Crippen molar-refractivity contribution in [2.75, 3.05) is 26.8 Å². The molecule has 0 saturated carbocycles. The van der Waals surface area contributed by atoms with Crippen molar-refractivity contribution in [1.29, 1.82) is 0 Å². The molecule has 1 atom stereocenters. The first-order chi connectivity index (χ1) is 10.9. The smallest absolute Gasteiger partial charge is 0.308 e. The maximum atomic E-state index is 13.1. The molecule has 2 rings (SSSR count). The number of rotatable bonds is 5. The standard InChI is InChI=1S/C17H22ClNO4/c1-12(15(20)21)11-19(2)16(22)17(7-9-23-10-8-17)13-3-5-14(18)6-4-13/h3-6,12H,7-11H2,1-2H3,(H,20,21). The Morgan fingerprint density at radius 2 is 1.87 bits per heavy atom. The first-order valence-corrected chi connectivity index (χ1v) is 8.07. The lowest BCUT2D eigenvalue weighted by Crippen LogP contribution is -2.50. The minimum atomic E-state index is -0.905. The minimum absolute atomic E-state index is 0.0591. The molecule has 1 saturated heterocycles. The second kappa shape index (κ2) is 7.32. The van der Waals surface area contributed by atoms with Gasteiger partial charge in [0.05, 0.1) is 11.3 Å². The number of amides is 1. The van der Waals surface area contributed by atoms with Crippen LogP contribution in [0.5, 0.6) is 0 Å². The summed E-state index contributed by atoms with van der Waals surface area (Å²) in [6.07, 6.45) is 1.17. The van der Waals surface area contributed by atoms with Crippen LogP contribution < -0.4 is 0 Å². The van der Waals surface area contributed by atoms with Gasteiger partial charge in [-0.25, -0.2) is 0 Å². The Morgan fingerprint density at radius 3 is 2.39 bits per heavy atom. The number of carboxylic acids is 1. The average Bonchev–Trinajstić information content (AvgIpc) is 2.55. The fraction of sp³-hybridized carbons (Fsp3) is 0.529. The Balaban J connectivity index is 2.28. The Kier molecular flexibility index (Phi) is 5.65. The summed E-state index contributed by atoms with van der Waals surface area (Å²) < 4.78 is 5.43. The highest BCUT2D eigenvalue weighted by Crippen LogP contribution is 2.37. The SMILES string of the molecule is CC(CN(C)C(=O)C1(c2ccc(Cl)cc2)CCOCC1)C(=O)O. The van der Waals surface area contributed by atoms with Gasteiger partial charge in [0.2, 0.25) is 5.91 Å². The van der Waals surface area contributed by atoms with Gasteiger partial charge in [-0.3, -0.25) is 9.59 Å². The first kappa shape index (κ1) is 17.8. The van der Waals surface area contributed by atoms with E-state index >= 15 is 0 Å². The fourth-order valence-corrected chi connectivity index (χ4v) is 3.18. The number of aliphatic carboxylic acids is 1. The normalized spacial score (nSPS) is 18.2. The van der Waals surface area contributed by atoms with E-state index in [9.17, 15) is 9.59 Å². The molecule has 1 aromatic carbocycles. The maximum absolute atomic E-state index is 13.1. The molecule has 1 unspecified atom stereocenters. The number of benzene rings is 1. The zero-order valence-corrected chi connectivity index (χ0v) is 14.2. The van der Waals surface area contributed by atoms with Crippen molar-refractivity contribution in [3.8, 4) is 0 Å². The van der Waals surface area contributed by atoms with Crippen LogP contribution in [-0.2, 0) is 19.7 Å². The summed E-state index contributed by atoms with van der Waals surface area (Å²) in [5, 5.41) is 9.68. The summed E-state index contributed by atoms with van der Waals surface area (Å²) in [6, 6.07) is 7.31. The van der Waals surface area contributed by atoms with Crippen LogP contribution in [0, 0.1) is 5.92 Å². The fourth-order valence-electron chi connectivity index (χ4n) is 3.05. The van der Waals surface area contributed by atoms with Crippen LogP contribution >= 0.6 is 11.6 Å². The number of carbonyl (C=O) groups excluding carboxylic acids is 1. The van der Waals surface area contributed by atoms with Gasteiger partial charge in [-0.05, 0) is 30.5 Å². The van der Waals surface area contributed by atoms with Gasteiger partial charge in [0.25, 0.3) is 0 Å². The topological polar surface area (TPSA) is 66.8 Å². The highest BCUT2D eigenvalue weighted by atomic mass is 35.5. The Morgan fingerprint density at radius 1 is 1.30 bits per heavy atom. The molecule has 0 aromatic heterocycles. The van der Waals surface area contributed by atoms with Gasteiger partial charge in [0, 0.05) is 31.8 Å². The summed E-state index contributed by atoms with van der Waals surface area (Å²) in [5.41, 5.74) is 0.237. The van der Waals surface area contributed by atoms with E-state index in [4.69, 9.17) is 21.4 Å². The average molecular weight is 340 g/mol. The van der Waals surface area contributed by atoms with E-state index in [0.29, 0.717) is 31.1 Å². The molecule has 126 valence electrons. The Bertz CT molecular complexity index is 566. The number of hydrogen-bond donors (Lipinski definition) is 1. The zero-order valence-electron chi connectivity index (χ0n) is 13.4. The van der Waals surface area contributed by atoms with Gasteiger partial charge in [-0.2, -0.15) is 0 Å². The number of carboxylic acid groups (broad SMARTS) is 1.